The van der Waals surface area contributed by atoms with Gasteiger partial charge in [-0.1, -0.05) is 28.9 Å². The molecule has 0 atom stereocenters. The molecule has 1 aromatic heterocycles. The summed E-state index contributed by atoms with van der Waals surface area (Å²) in [4.78, 5) is 34.4. The Bertz CT molecular complexity index is 1110. The Morgan fingerprint density at radius 2 is 1.82 bits per heavy atom. The Hall–Kier alpha value is -3.04. The van der Waals surface area contributed by atoms with Gasteiger partial charge in [0.2, 0.25) is 11.8 Å². The van der Waals surface area contributed by atoms with Gasteiger partial charge < -0.3 is 19.6 Å². The van der Waals surface area contributed by atoms with E-state index in [1.165, 1.54) is 11.8 Å². The number of nitrogens with zero attached hydrogens (tertiary/aromatic N) is 4. The van der Waals surface area contributed by atoms with Gasteiger partial charge in [-0.15, -0.1) is 11.8 Å². The van der Waals surface area contributed by atoms with Crippen molar-refractivity contribution in [3.63, 3.8) is 0 Å². The number of nitrogens with one attached hydrogen (secondary N) is 1. The number of carbonyl (C=O) groups is 2. The number of aryl methyl sites for hydroxylation is 1. The van der Waals surface area contributed by atoms with Crippen LogP contribution in [-0.2, 0) is 10.5 Å². The van der Waals surface area contributed by atoms with Crippen LogP contribution in [0.1, 0.15) is 22.1 Å². The molecule has 1 aliphatic heterocycles. The van der Waals surface area contributed by atoms with Crippen LogP contribution >= 0.6 is 23.4 Å². The second-order valence-corrected chi connectivity index (χ2v) is 9.00. The molecular weight excluding hydrogens is 462 g/mol. The third-order valence-electron chi connectivity index (χ3n) is 5.28. The Kier molecular flexibility index (Phi) is 7.51. The molecule has 1 fully saturated rings. The number of anilines is 1. The van der Waals surface area contributed by atoms with Gasteiger partial charge >= 0.3 is 0 Å². The predicted molar refractivity (Wildman–Crippen MR) is 128 cm³/mol. The second kappa shape index (κ2) is 10.7. The summed E-state index contributed by atoms with van der Waals surface area (Å²) in [7, 11) is 0. The van der Waals surface area contributed by atoms with Crippen LogP contribution in [0.15, 0.2) is 57.9 Å². The molecule has 4 rings (SSSR count). The van der Waals surface area contributed by atoms with E-state index in [9.17, 15) is 9.59 Å². The molecule has 1 saturated heterocycles. The number of hydrogen-bond donors (Lipinski definition) is 1. The van der Waals surface area contributed by atoms with Gasteiger partial charge in [-0.05, 0) is 43.3 Å². The minimum Gasteiger partial charge on any atom is -0.368 e. The first-order valence-corrected chi connectivity index (χ1v) is 11.9. The molecule has 0 bridgehead atoms. The second-order valence-electron chi connectivity index (χ2n) is 7.55. The van der Waals surface area contributed by atoms with Crippen molar-refractivity contribution in [2.75, 3.05) is 37.6 Å². The predicted octanol–water partition coefficient (Wildman–Crippen LogP) is 3.40. The zero-order valence-corrected chi connectivity index (χ0v) is 19.7. The average Bonchev–Trinajstić information content (AvgIpc) is 3.27. The molecule has 2 heterocycles. The first-order chi connectivity index (χ1) is 16.0. The lowest BCUT2D eigenvalue weighted by Gasteiger charge is -2.36. The van der Waals surface area contributed by atoms with Gasteiger partial charge in [0.1, 0.15) is 0 Å². The van der Waals surface area contributed by atoms with E-state index >= 15 is 0 Å². The molecule has 0 unspecified atom stereocenters. The SMILES string of the molecule is Cc1noc(CSc2ccccc2C(=O)NCC(=O)N2CCN(c3ccc(Cl)cc3)CC2)n1. The van der Waals surface area contributed by atoms with Crippen LogP contribution in [0.3, 0.4) is 0 Å². The lowest BCUT2D eigenvalue weighted by molar-refractivity contribution is -0.130. The molecule has 3 aromatic rings. The van der Waals surface area contributed by atoms with Crippen molar-refractivity contribution in [2.24, 2.45) is 0 Å². The Labute approximate surface area is 201 Å². The fraction of sp³-hybridized carbons (Fsp3) is 0.304. The zero-order valence-electron chi connectivity index (χ0n) is 18.2. The summed E-state index contributed by atoms with van der Waals surface area (Å²) in [6.45, 7) is 4.39. The van der Waals surface area contributed by atoms with Crippen molar-refractivity contribution < 1.29 is 14.1 Å². The zero-order chi connectivity index (χ0) is 23.2. The monoisotopic (exact) mass is 485 g/mol. The third kappa shape index (κ3) is 6.06. The summed E-state index contributed by atoms with van der Waals surface area (Å²) in [5, 5.41) is 7.24. The van der Waals surface area contributed by atoms with E-state index < -0.39 is 0 Å². The van der Waals surface area contributed by atoms with Crippen LogP contribution < -0.4 is 10.2 Å². The number of rotatable bonds is 7. The summed E-state index contributed by atoms with van der Waals surface area (Å²) in [5.74, 6) is 1.16. The molecule has 33 heavy (non-hydrogen) atoms. The number of piperazine rings is 1. The maximum absolute atomic E-state index is 12.8. The summed E-state index contributed by atoms with van der Waals surface area (Å²) in [6, 6.07) is 15.0. The fourth-order valence-electron chi connectivity index (χ4n) is 3.55. The fourth-order valence-corrected chi connectivity index (χ4v) is 4.56. The van der Waals surface area contributed by atoms with Crippen LogP contribution in [-0.4, -0.2) is 59.6 Å². The lowest BCUT2D eigenvalue weighted by atomic mass is 10.2. The van der Waals surface area contributed by atoms with Gasteiger partial charge in [-0.25, -0.2) is 0 Å². The van der Waals surface area contributed by atoms with Crippen molar-refractivity contribution in [3.8, 4) is 0 Å². The van der Waals surface area contributed by atoms with Gasteiger partial charge in [0, 0.05) is 41.8 Å². The summed E-state index contributed by atoms with van der Waals surface area (Å²) in [5.41, 5.74) is 1.60. The van der Waals surface area contributed by atoms with E-state index in [1.54, 1.807) is 24.0 Å². The van der Waals surface area contributed by atoms with E-state index in [1.807, 2.05) is 36.4 Å². The van der Waals surface area contributed by atoms with Gasteiger partial charge in [0.25, 0.3) is 5.91 Å². The van der Waals surface area contributed by atoms with Crippen LogP contribution in [0.25, 0.3) is 0 Å². The lowest BCUT2D eigenvalue weighted by Crippen LogP contribution is -2.51. The van der Waals surface area contributed by atoms with Crippen LogP contribution in [0.2, 0.25) is 5.02 Å². The van der Waals surface area contributed by atoms with E-state index in [4.69, 9.17) is 16.1 Å². The highest BCUT2D eigenvalue weighted by Gasteiger charge is 2.22. The normalized spacial score (nSPS) is 13.8. The molecule has 172 valence electrons. The Morgan fingerprint density at radius 1 is 1.09 bits per heavy atom. The highest BCUT2D eigenvalue weighted by molar-refractivity contribution is 7.98. The molecule has 2 aromatic carbocycles. The van der Waals surface area contributed by atoms with E-state index in [0.29, 0.717) is 41.1 Å². The number of aromatic nitrogens is 2. The van der Waals surface area contributed by atoms with Crippen LogP contribution in [0, 0.1) is 6.92 Å². The van der Waals surface area contributed by atoms with Crippen molar-refractivity contribution >= 4 is 40.9 Å². The van der Waals surface area contributed by atoms with Gasteiger partial charge in [0.05, 0.1) is 17.9 Å². The minimum atomic E-state index is -0.284. The maximum Gasteiger partial charge on any atom is 0.252 e. The Morgan fingerprint density at radius 3 is 2.52 bits per heavy atom. The summed E-state index contributed by atoms with van der Waals surface area (Å²) >= 11 is 7.40. The van der Waals surface area contributed by atoms with E-state index in [-0.39, 0.29) is 18.4 Å². The number of amides is 2. The molecule has 10 heteroatoms. The van der Waals surface area contributed by atoms with Gasteiger partial charge in [-0.3, -0.25) is 9.59 Å². The smallest absolute Gasteiger partial charge is 0.252 e. The molecule has 0 spiro atoms. The first-order valence-electron chi connectivity index (χ1n) is 10.6. The Balaban J connectivity index is 1.27. The number of halogens is 1. The van der Waals surface area contributed by atoms with Crippen molar-refractivity contribution in [3.05, 3.63) is 70.8 Å². The first kappa shape index (κ1) is 23.1. The molecule has 0 saturated carbocycles. The largest absolute Gasteiger partial charge is 0.368 e. The number of benzene rings is 2. The number of thioether (sulfide) groups is 1. The van der Waals surface area contributed by atoms with Gasteiger partial charge in [0.15, 0.2) is 5.82 Å². The van der Waals surface area contributed by atoms with E-state index in [0.717, 1.165) is 23.7 Å². The molecular formula is C23H24ClN5O3S. The highest BCUT2D eigenvalue weighted by atomic mass is 35.5. The molecule has 0 radical (unpaired) electrons. The molecule has 1 N–H and O–H groups in total. The van der Waals surface area contributed by atoms with E-state index in [2.05, 4.69) is 20.4 Å². The van der Waals surface area contributed by atoms with Crippen molar-refractivity contribution in [1.82, 2.24) is 20.4 Å². The van der Waals surface area contributed by atoms with Crippen molar-refractivity contribution in [2.45, 2.75) is 17.6 Å². The minimum absolute atomic E-state index is 0.0400. The standard InChI is InChI=1S/C23H24ClN5O3S/c1-16-26-21(32-27-16)15-33-20-5-3-2-4-19(20)23(31)25-14-22(30)29-12-10-28(11-13-29)18-8-6-17(24)7-9-18/h2-9H,10-15H2,1H3,(H,25,31). The third-order valence-corrected chi connectivity index (χ3v) is 6.59. The molecule has 8 nitrogen and oxygen atoms in total. The summed E-state index contributed by atoms with van der Waals surface area (Å²) in [6.07, 6.45) is 0. The topological polar surface area (TPSA) is 91.6 Å². The molecule has 1 aliphatic rings. The van der Waals surface area contributed by atoms with Crippen molar-refractivity contribution in [1.29, 1.82) is 0 Å². The maximum atomic E-state index is 12.8. The molecule has 2 amide bonds. The number of hydrogen-bond acceptors (Lipinski definition) is 7. The van der Waals surface area contributed by atoms with Crippen LogP contribution in [0.5, 0.6) is 0 Å². The molecule has 0 aliphatic carbocycles. The number of carbonyl (C=O) groups excluding carboxylic acids is 2. The van der Waals surface area contributed by atoms with Crippen LogP contribution in [0.4, 0.5) is 5.69 Å². The summed E-state index contributed by atoms with van der Waals surface area (Å²) < 4.78 is 5.13. The quantitative estimate of drug-likeness (QED) is 0.513. The van der Waals surface area contributed by atoms with Gasteiger partial charge in [-0.2, -0.15) is 4.98 Å². The average molecular weight is 486 g/mol. The highest BCUT2D eigenvalue weighted by Crippen LogP contribution is 2.26.